The first kappa shape index (κ1) is 6.91. The van der Waals surface area contributed by atoms with Crippen molar-refractivity contribution in [3.63, 3.8) is 0 Å². The van der Waals surface area contributed by atoms with E-state index in [-0.39, 0.29) is 0 Å². The van der Waals surface area contributed by atoms with Gasteiger partial charge < -0.3 is 5.43 Å². The van der Waals surface area contributed by atoms with Crippen molar-refractivity contribution in [1.82, 2.24) is 10.9 Å². The molecule has 0 atom stereocenters. The van der Waals surface area contributed by atoms with Gasteiger partial charge in [-0.15, -0.1) is 0 Å². The van der Waals surface area contributed by atoms with Crippen LogP contribution >= 0.6 is 0 Å². The standard InChI is InChI=1S/C9H9N3/c1-2-4-8(5-3-1)9-6-11-12-7-10-9/h1-7,11H,(H,10,12). The van der Waals surface area contributed by atoms with Crippen molar-refractivity contribution in [2.75, 3.05) is 0 Å². The number of nitrogens with one attached hydrogen (secondary N) is 2. The summed E-state index contributed by atoms with van der Waals surface area (Å²) in [5.41, 5.74) is 7.69. The van der Waals surface area contributed by atoms with E-state index in [1.54, 1.807) is 6.34 Å². The van der Waals surface area contributed by atoms with Gasteiger partial charge in [0.2, 0.25) is 0 Å². The van der Waals surface area contributed by atoms with Crippen LogP contribution in [0, 0.1) is 0 Å². The minimum absolute atomic E-state index is 0.939. The van der Waals surface area contributed by atoms with Crippen LogP contribution in [0.5, 0.6) is 0 Å². The molecule has 0 aromatic heterocycles. The van der Waals surface area contributed by atoms with Gasteiger partial charge in [0.1, 0.15) is 6.34 Å². The third kappa shape index (κ3) is 1.29. The third-order valence-corrected chi connectivity index (χ3v) is 1.63. The summed E-state index contributed by atoms with van der Waals surface area (Å²) in [6, 6.07) is 10.0. The van der Waals surface area contributed by atoms with Gasteiger partial charge in [-0.1, -0.05) is 30.3 Å². The number of benzene rings is 1. The molecule has 1 aliphatic rings. The molecule has 1 aromatic rings. The van der Waals surface area contributed by atoms with Gasteiger partial charge in [-0.3, -0.25) is 5.43 Å². The van der Waals surface area contributed by atoms with Crippen molar-refractivity contribution in [3.05, 3.63) is 42.1 Å². The van der Waals surface area contributed by atoms with E-state index in [0.29, 0.717) is 0 Å². The largest absolute Gasteiger partial charge is 0.305 e. The van der Waals surface area contributed by atoms with E-state index >= 15 is 0 Å². The van der Waals surface area contributed by atoms with Crippen molar-refractivity contribution < 1.29 is 0 Å². The summed E-state index contributed by atoms with van der Waals surface area (Å²) in [6.45, 7) is 0. The van der Waals surface area contributed by atoms with Gasteiger partial charge in [0.25, 0.3) is 0 Å². The fourth-order valence-electron chi connectivity index (χ4n) is 1.05. The first-order chi connectivity index (χ1) is 5.97. The Balaban J connectivity index is 2.31. The molecule has 0 aliphatic carbocycles. The lowest BCUT2D eigenvalue weighted by molar-refractivity contribution is 0.823. The smallest absolute Gasteiger partial charge is 0.107 e. The summed E-state index contributed by atoms with van der Waals surface area (Å²) in [5, 5.41) is 0. The molecule has 1 aliphatic heterocycles. The minimum atomic E-state index is 0.939. The Hall–Kier alpha value is -1.77. The molecular weight excluding hydrogens is 150 g/mol. The van der Waals surface area contributed by atoms with Gasteiger partial charge in [-0.2, -0.15) is 0 Å². The molecule has 3 heteroatoms. The molecule has 0 fully saturated rings. The summed E-state index contributed by atoms with van der Waals surface area (Å²) in [4.78, 5) is 4.16. The highest BCUT2D eigenvalue weighted by Gasteiger charge is 1.99. The summed E-state index contributed by atoms with van der Waals surface area (Å²) in [5.74, 6) is 0. The van der Waals surface area contributed by atoms with Gasteiger partial charge >= 0.3 is 0 Å². The zero-order valence-electron chi connectivity index (χ0n) is 6.49. The molecule has 60 valence electrons. The second kappa shape index (κ2) is 3.09. The molecule has 0 amide bonds. The Morgan fingerprint density at radius 3 is 2.50 bits per heavy atom. The Labute approximate surface area is 70.8 Å². The average molecular weight is 159 g/mol. The lowest BCUT2D eigenvalue weighted by Crippen LogP contribution is -2.27. The maximum absolute atomic E-state index is 4.16. The van der Waals surface area contributed by atoms with Gasteiger partial charge in [-0.25, -0.2) is 4.99 Å². The monoisotopic (exact) mass is 159 g/mol. The van der Waals surface area contributed by atoms with Crippen LogP contribution in [0.15, 0.2) is 41.5 Å². The van der Waals surface area contributed by atoms with Crippen LogP contribution in [0.1, 0.15) is 5.56 Å². The maximum atomic E-state index is 4.16. The van der Waals surface area contributed by atoms with E-state index in [2.05, 4.69) is 15.8 Å². The Morgan fingerprint density at radius 1 is 1.00 bits per heavy atom. The molecule has 2 rings (SSSR count). The molecule has 0 saturated carbocycles. The molecular formula is C9H9N3. The van der Waals surface area contributed by atoms with Crippen LogP contribution in [-0.2, 0) is 0 Å². The number of aliphatic imine (C=N–C) groups is 1. The van der Waals surface area contributed by atoms with E-state index in [9.17, 15) is 0 Å². The van der Waals surface area contributed by atoms with Crippen molar-refractivity contribution in [2.24, 2.45) is 4.99 Å². The van der Waals surface area contributed by atoms with E-state index in [0.717, 1.165) is 11.3 Å². The number of nitrogens with zero attached hydrogens (tertiary/aromatic N) is 1. The highest BCUT2D eigenvalue weighted by Crippen LogP contribution is 2.14. The Bertz CT molecular complexity index is 314. The quantitative estimate of drug-likeness (QED) is 0.644. The fraction of sp³-hybridized carbons (Fsp3) is 0. The highest BCUT2D eigenvalue weighted by molar-refractivity contribution is 5.74. The predicted octanol–water partition coefficient (Wildman–Crippen LogP) is 1.12. The molecule has 0 spiro atoms. The maximum Gasteiger partial charge on any atom is 0.107 e. The third-order valence-electron chi connectivity index (χ3n) is 1.63. The number of hydrogen-bond acceptors (Lipinski definition) is 3. The predicted molar refractivity (Wildman–Crippen MR) is 49.2 cm³/mol. The van der Waals surface area contributed by atoms with Crippen LogP contribution in [0.2, 0.25) is 0 Å². The molecule has 2 N–H and O–H groups in total. The summed E-state index contributed by atoms with van der Waals surface area (Å²) < 4.78 is 0. The van der Waals surface area contributed by atoms with Gasteiger partial charge in [0.15, 0.2) is 0 Å². The molecule has 0 bridgehead atoms. The molecule has 0 radical (unpaired) electrons. The Morgan fingerprint density at radius 2 is 1.83 bits per heavy atom. The highest BCUT2D eigenvalue weighted by atomic mass is 15.4. The van der Waals surface area contributed by atoms with Crippen LogP contribution in [0.3, 0.4) is 0 Å². The molecule has 0 unspecified atom stereocenters. The molecule has 3 nitrogen and oxygen atoms in total. The minimum Gasteiger partial charge on any atom is -0.305 e. The van der Waals surface area contributed by atoms with E-state index in [4.69, 9.17) is 0 Å². The van der Waals surface area contributed by atoms with Crippen LogP contribution in [0.4, 0.5) is 0 Å². The van der Waals surface area contributed by atoms with Crippen molar-refractivity contribution in [3.8, 4) is 0 Å². The fourth-order valence-corrected chi connectivity index (χ4v) is 1.05. The topological polar surface area (TPSA) is 36.4 Å². The van der Waals surface area contributed by atoms with Crippen LogP contribution < -0.4 is 10.9 Å². The second-order valence-corrected chi connectivity index (χ2v) is 2.44. The number of hydrazine groups is 1. The zero-order chi connectivity index (χ0) is 8.23. The first-order valence-corrected chi connectivity index (χ1v) is 3.76. The van der Waals surface area contributed by atoms with Crippen molar-refractivity contribution >= 4 is 12.0 Å². The van der Waals surface area contributed by atoms with Gasteiger partial charge in [0.05, 0.1) is 5.70 Å². The zero-order valence-corrected chi connectivity index (χ0v) is 6.49. The first-order valence-electron chi connectivity index (χ1n) is 3.76. The van der Waals surface area contributed by atoms with Crippen LogP contribution in [-0.4, -0.2) is 6.34 Å². The van der Waals surface area contributed by atoms with Gasteiger partial charge in [0, 0.05) is 11.8 Å². The summed E-state index contributed by atoms with van der Waals surface area (Å²) in [6.07, 6.45) is 3.46. The SMILES string of the molecule is C1=NC(c2ccccc2)=CNN1. The second-order valence-electron chi connectivity index (χ2n) is 2.44. The molecule has 12 heavy (non-hydrogen) atoms. The normalized spacial score (nSPS) is 14.5. The van der Waals surface area contributed by atoms with E-state index in [1.807, 2.05) is 36.5 Å². The molecule has 1 heterocycles. The van der Waals surface area contributed by atoms with E-state index < -0.39 is 0 Å². The van der Waals surface area contributed by atoms with E-state index in [1.165, 1.54) is 0 Å². The summed E-state index contributed by atoms with van der Waals surface area (Å²) in [7, 11) is 0. The summed E-state index contributed by atoms with van der Waals surface area (Å²) >= 11 is 0. The lowest BCUT2D eigenvalue weighted by Gasteiger charge is -2.08. The number of rotatable bonds is 1. The Kier molecular flexibility index (Phi) is 1.78. The average Bonchev–Trinajstić information content (AvgIpc) is 2.21. The molecule has 1 aromatic carbocycles. The van der Waals surface area contributed by atoms with Crippen molar-refractivity contribution in [1.29, 1.82) is 0 Å². The van der Waals surface area contributed by atoms with Crippen molar-refractivity contribution in [2.45, 2.75) is 0 Å². The van der Waals surface area contributed by atoms with Gasteiger partial charge in [-0.05, 0) is 0 Å². The van der Waals surface area contributed by atoms with Crippen LogP contribution in [0.25, 0.3) is 5.70 Å². The number of hydrogen-bond donors (Lipinski definition) is 2. The lowest BCUT2D eigenvalue weighted by atomic mass is 10.2. The molecule has 0 saturated heterocycles.